The summed E-state index contributed by atoms with van der Waals surface area (Å²) >= 11 is 2.79. The van der Waals surface area contributed by atoms with Crippen LogP contribution in [-0.2, 0) is 15.3 Å². The van der Waals surface area contributed by atoms with Gasteiger partial charge in [-0.25, -0.2) is 4.98 Å². The molecule has 8 nitrogen and oxygen atoms in total. The zero-order valence-electron chi connectivity index (χ0n) is 18.5. The van der Waals surface area contributed by atoms with E-state index in [1.165, 1.54) is 33.6 Å². The molecule has 1 unspecified atom stereocenters. The smallest absolute Gasteiger partial charge is 0.263 e. The quantitative estimate of drug-likeness (QED) is 0.526. The van der Waals surface area contributed by atoms with E-state index in [4.69, 9.17) is 4.74 Å². The summed E-state index contributed by atoms with van der Waals surface area (Å²) < 4.78 is 7.43. The van der Waals surface area contributed by atoms with Crippen molar-refractivity contribution in [1.82, 2.24) is 14.7 Å². The number of amides is 2. The highest BCUT2D eigenvalue weighted by Gasteiger charge is 2.34. The number of ether oxygens (including phenoxy) is 1. The fourth-order valence-electron chi connectivity index (χ4n) is 3.68. The Morgan fingerprint density at radius 2 is 2.09 bits per heavy atom. The number of thiazole rings is 1. The van der Waals surface area contributed by atoms with E-state index in [0.717, 1.165) is 12.8 Å². The molecule has 0 radical (unpaired) electrons. The maximum absolute atomic E-state index is 13.1. The van der Waals surface area contributed by atoms with E-state index in [2.05, 4.69) is 10.3 Å². The summed E-state index contributed by atoms with van der Waals surface area (Å²) in [5.74, 6) is 0.827. The topological polar surface area (TPSA) is 93.0 Å². The number of carbonyl (C=O) groups excluding carboxylic acids is 2. The molecule has 1 aromatic carbocycles. The second-order valence-electron chi connectivity index (χ2n) is 7.73. The number of rotatable bonds is 8. The van der Waals surface area contributed by atoms with E-state index in [0.29, 0.717) is 27.8 Å². The van der Waals surface area contributed by atoms with Gasteiger partial charge in [-0.15, -0.1) is 23.1 Å². The third-order valence-corrected chi connectivity index (χ3v) is 7.24. The Hall–Kier alpha value is -2.85. The van der Waals surface area contributed by atoms with Crippen molar-refractivity contribution in [1.29, 1.82) is 0 Å². The van der Waals surface area contributed by atoms with Crippen molar-refractivity contribution in [3.05, 3.63) is 58.0 Å². The van der Waals surface area contributed by atoms with Gasteiger partial charge >= 0.3 is 0 Å². The van der Waals surface area contributed by atoms with Crippen LogP contribution in [0, 0.1) is 0 Å². The standard InChI is InChI=1S/C23H26N4O4S2/c1-3-15(4-2)24-22(30)19-12-27(17-7-5-6-8-18(17)31-19)21(29)14-32-13-16-11-20(28)26-9-10-33-23(26)25-16/h5-11,15,19H,3-4,12-14H2,1-2H3,(H,24,30). The number of aromatic nitrogens is 2. The molecule has 33 heavy (non-hydrogen) atoms. The molecule has 1 N–H and O–H groups in total. The molecule has 3 heterocycles. The lowest BCUT2D eigenvalue weighted by atomic mass is 10.1. The Labute approximate surface area is 200 Å². The molecule has 2 aromatic heterocycles. The number of para-hydroxylation sites is 2. The van der Waals surface area contributed by atoms with Crippen LogP contribution in [0.3, 0.4) is 0 Å². The van der Waals surface area contributed by atoms with E-state index >= 15 is 0 Å². The maximum Gasteiger partial charge on any atom is 0.263 e. The van der Waals surface area contributed by atoms with E-state index < -0.39 is 6.10 Å². The molecule has 174 valence electrons. The normalized spacial score (nSPS) is 15.4. The molecule has 10 heteroatoms. The van der Waals surface area contributed by atoms with Crippen molar-refractivity contribution < 1.29 is 14.3 Å². The van der Waals surface area contributed by atoms with Crippen LogP contribution in [0.15, 0.2) is 46.7 Å². The van der Waals surface area contributed by atoms with E-state index in [-0.39, 0.29) is 35.7 Å². The third kappa shape index (κ3) is 5.22. The summed E-state index contributed by atoms with van der Waals surface area (Å²) in [4.78, 5) is 44.8. The SMILES string of the molecule is CCC(CC)NC(=O)C1CN(C(=O)CSCc2cc(=O)n3ccsc3n2)c2ccccc2O1. The zero-order valence-corrected chi connectivity index (χ0v) is 20.2. The predicted molar refractivity (Wildman–Crippen MR) is 131 cm³/mol. The van der Waals surface area contributed by atoms with Gasteiger partial charge in [-0.3, -0.25) is 18.8 Å². The average molecular weight is 487 g/mol. The highest BCUT2D eigenvalue weighted by molar-refractivity contribution is 7.99. The second kappa shape index (κ2) is 10.4. The predicted octanol–water partition coefficient (Wildman–Crippen LogP) is 3.09. The Morgan fingerprint density at radius 3 is 2.88 bits per heavy atom. The first-order valence-corrected chi connectivity index (χ1v) is 12.9. The van der Waals surface area contributed by atoms with Gasteiger partial charge < -0.3 is 15.0 Å². The van der Waals surface area contributed by atoms with Crippen LogP contribution < -0.4 is 20.5 Å². The molecule has 1 atom stereocenters. The highest BCUT2D eigenvalue weighted by atomic mass is 32.2. The van der Waals surface area contributed by atoms with Crippen LogP contribution in [0.2, 0.25) is 0 Å². The van der Waals surface area contributed by atoms with Crippen molar-refractivity contribution >= 4 is 45.6 Å². The van der Waals surface area contributed by atoms with Gasteiger partial charge in [-0.1, -0.05) is 26.0 Å². The van der Waals surface area contributed by atoms with Crippen LogP contribution >= 0.6 is 23.1 Å². The number of carbonyl (C=O) groups is 2. The molecule has 0 bridgehead atoms. The minimum absolute atomic E-state index is 0.0789. The van der Waals surface area contributed by atoms with Gasteiger partial charge in [0.2, 0.25) is 5.91 Å². The number of anilines is 1. The van der Waals surface area contributed by atoms with Gasteiger partial charge in [0, 0.05) is 29.4 Å². The lowest BCUT2D eigenvalue weighted by molar-refractivity contribution is -0.129. The molecular formula is C23H26N4O4S2. The molecule has 2 amide bonds. The number of nitrogens with one attached hydrogen (secondary N) is 1. The van der Waals surface area contributed by atoms with Gasteiger partial charge in [0.25, 0.3) is 11.5 Å². The molecule has 4 rings (SSSR count). The summed E-state index contributed by atoms with van der Waals surface area (Å²) in [7, 11) is 0. The van der Waals surface area contributed by atoms with Crippen molar-refractivity contribution in [3.8, 4) is 5.75 Å². The van der Waals surface area contributed by atoms with Crippen molar-refractivity contribution in [2.24, 2.45) is 0 Å². The van der Waals surface area contributed by atoms with Gasteiger partial charge in [0.15, 0.2) is 11.1 Å². The van der Waals surface area contributed by atoms with E-state index in [9.17, 15) is 14.4 Å². The third-order valence-electron chi connectivity index (χ3n) is 5.53. The first-order chi connectivity index (χ1) is 16.0. The molecule has 0 spiro atoms. The lowest BCUT2D eigenvalue weighted by Gasteiger charge is -2.34. The Morgan fingerprint density at radius 1 is 1.30 bits per heavy atom. The minimum atomic E-state index is -0.766. The number of thioether (sulfide) groups is 1. The number of hydrogen-bond acceptors (Lipinski definition) is 7. The molecule has 0 saturated carbocycles. The summed E-state index contributed by atoms with van der Waals surface area (Å²) in [6.07, 6.45) is 2.60. The van der Waals surface area contributed by atoms with Crippen LogP contribution in [0.1, 0.15) is 32.4 Å². The summed E-state index contributed by atoms with van der Waals surface area (Å²) in [5.41, 5.74) is 1.17. The van der Waals surface area contributed by atoms with E-state index in [1.54, 1.807) is 17.2 Å². The van der Waals surface area contributed by atoms with Crippen LogP contribution in [0.5, 0.6) is 5.75 Å². The summed E-state index contributed by atoms with van der Waals surface area (Å²) in [5, 5.41) is 4.83. The number of nitrogens with zero attached hydrogens (tertiary/aromatic N) is 3. The Bertz CT molecular complexity index is 1200. The number of fused-ring (bicyclic) bond motifs is 2. The van der Waals surface area contributed by atoms with Gasteiger partial charge in [-0.2, -0.15) is 0 Å². The van der Waals surface area contributed by atoms with Crippen molar-refractivity contribution in [2.45, 2.75) is 44.6 Å². The van der Waals surface area contributed by atoms with Gasteiger partial charge in [0.1, 0.15) is 5.75 Å². The van der Waals surface area contributed by atoms with Gasteiger partial charge in [0.05, 0.1) is 23.7 Å². The molecule has 0 fully saturated rings. The highest BCUT2D eigenvalue weighted by Crippen LogP contribution is 2.33. The number of hydrogen-bond donors (Lipinski definition) is 1. The summed E-state index contributed by atoms with van der Waals surface area (Å²) in [6, 6.07) is 8.83. The van der Waals surface area contributed by atoms with Crippen LogP contribution in [0.25, 0.3) is 4.96 Å². The first kappa shape index (κ1) is 23.3. The molecule has 0 aliphatic carbocycles. The molecule has 1 aliphatic heterocycles. The zero-order chi connectivity index (χ0) is 23.4. The second-order valence-corrected chi connectivity index (χ2v) is 9.59. The fraction of sp³-hybridized carbons (Fsp3) is 0.391. The van der Waals surface area contributed by atoms with E-state index in [1.807, 2.05) is 37.4 Å². The lowest BCUT2D eigenvalue weighted by Crippen LogP contribution is -2.52. The fourth-order valence-corrected chi connectivity index (χ4v) is 5.20. The number of benzene rings is 1. The average Bonchev–Trinajstić information content (AvgIpc) is 3.31. The molecule has 0 saturated heterocycles. The monoisotopic (exact) mass is 486 g/mol. The maximum atomic E-state index is 13.1. The van der Waals surface area contributed by atoms with Crippen LogP contribution in [0.4, 0.5) is 5.69 Å². The largest absolute Gasteiger partial charge is 0.477 e. The van der Waals surface area contributed by atoms with Crippen LogP contribution in [-0.4, -0.2) is 45.6 Å². The van der Waals surface area contributed by atoms with Crippen molar-refractivity contribution in [2.75, 3.05) is 17.2 Å². The molecular weight excluding hydrogens is 460 g/mol. The van der Waals surface area contributed by atoms with Crippen molar-refractivity contribution in [3.63, 3.8) is 0 Å². The Balaban J connectivity index is 1.43. The first-order valence-electron chi connectivity index (χ1n) is 10.9. The molecule has 3 aromatic rings. The Kier molecular flexibility index (Phi) is 7.34. The minimum Gasteiger partial charge on any atom is -0.477 e. The molecule has 1 aliphatic rings. The summed E-state index contributed by atoms with van der Waals surface area (Å²) in [6.45, 7) is 4.21. The van der Waals surface area contributed by atoms with Gasteiger partial charge in [-0.05, 0) is 25.0 Å².